The summed E-state index contributed by atoms with van der Waals surface area (Å²) in [7, 11) is 0. The number of benzene rings is 2. The van der Waals surface area contributed by atoms with Gasteiger partial charge in [-0.1, -0.05) is 66.6 Å². The van der Waals surface area contributed by atoms with Gasteiger partial charge in [-0.15, -0.1) is 18.2 Å². The smallest absolute Gasteiger partial charge is 0.356 e. The third kappa shape index (κ3) is 4.38. The number of carbonyl (C=O) groups excluding carboxylic acids is 3. The van der Waals surface area contributed by atoms with E-state index in [0.29, 0.717) is 0 Å². The molecule has 1 fully saturated rings. The predicted molar refractivity (Wildman–Crippen MR) is 121 cm³/mol. The quantitative estimate of drug-likeness (QED) is 0.400. The number of aliphatic hydroxyl groups excluding tert-OH is 1. The first-order valence-electron chi connectivity index (χ1n) is 10.2. The maximum absolute atomic E-state index is 13.5. The van der Waals surface area contributed by atoms with E-state index in [1.807, 2.05) is 60.7 Å². The van der Waals surface area contributed by atoms with Crippen molar-refractivity contribution in [1.82, 2.24) is 4.90 Å². The summed E-state index contributed by atoms with van der Waals surface area (Å²) in [5.41, 5.74) is 1.67. The molecule has 0 aliphatic carbocycles. The number of aliphatic hydroxyl groups is 1. The lowest BCUT2D eigenvalue weighted by atomic mass is 10.00. The normalized spacial score (nSPS) is 20.4. The average Bonchev–Trinajstić information content (AvgIpc) is 2.85. The Balaban J connectivity index is 1.75. The number of amides is 1. The molecular formula is C25H21NO6S. The summed E-state index contributed by atoms with van der Waals surface area (Å²) in [4.78, 5) is 38.8. The molecule has 0 saturated carbocycles. The van der Waals surface area contributed by atoms with Gasteiger partial charge in [-0.2, -0.15) is 0 Å². The summed E-state index contributed by atoms with van der Waals surface area (Å²) in [6.07, 6.45) is 2.46. The number of thioether (sulfide) groups is 1. The fourth-order valence-electron chi connectivity index (χ4n) is 3.80. The minimum atomic E-state index is -1.23. The Hall–Kier alpha value is -3.54. The topological polar surface area (TPSA) is 93.1 Å². The van der Waals surface area contributed by atoms with E-state index < -0.39 is 41.5 Å². The molecule has 0 spiro atoms. The Kier molecular flexibility index (Phi) is 6.54. The summed E-state index contributed by atoms with van der Waals surface area (Å²) < 4.78 is 11.1. The number of β-lactam (4-membered cyclic amide) rings is 1. The van der Waals surface area contributed by atoms with Gasteiger partial charge in [0.15, 0.2) is 18.3 Å². The van der Waals surface area contributed by atoms with Crippen LogP contribution in [0.25, 0.3) is 0 Å². The highest BCUT2D eigenvalue weighted by molar-refractivity contribution is 8.00. The standard InChI is InChI=1S/C25H21NO6S/c1-3-19(31-15(2)27)18-14-33-24-21(28)23(29)26(24)20(18)25(30)32-22(16-10-6-4-7-11-16)17-12-8-5-9-13-17/h1,4-13,19,21-22,24,28H,14H2,2H3/t19?,21-,24+/m0/s1. The van der Waals surface area contributed by atoms with Gasteiger partial charge in [0, 0.05) is 18.2 Å². The van der Waals surface area contributed by atoms with Crippen molar-refractivity contribution >= 4 is 29.6 Å². The van der Waals surface area contributed by atoms with E-state index in [1.54, 1.807) is 0 Å². The largest absolute Gasteiger partial charge is 0.448 e. The van der Waals surface area contributed by atoms with Crippen LogP contribution >= 0.6 is 11.8 Å². The van der Waals surface area contributed by atoms with Crippen LogP contribution in [0.15, 0.2) is 71.9 Å². The van der Waals surface area contributed by atoms with Crippen LogP contribution in [0.1, 0.15) is 24.2 Å². The van der Waals surface area contributed by atoms with Crippen LogP contribution in [0.3, 0.4) is 0 Å². The second kappa shape index (κ2) is 9.53. The van der Waals surface area contributed by atoms with Gasteiger partial charge in [0.25, 0.3) is 5.91 Å². The van der Waals surface area contributed by atoms with Gasteiger partial charge >= 0.3 is 11.9 Å². The van der Waals surface area contributed by atoms with E-state index in [-0.39, 0.29) is 17.0 Å². The van der Waals surface area contributed by atoms with Crippen molar-refractivity contribution in [3.05, 3.63) is 83.1 Å². The van der Waals surface area contributed by atoms with Crippen molar-refractivity contribution in [2.45, 2.75) is 30.6 Å². The zero-order valence-corrected chi connectivity index (χ0v) is 18.5. The number of fused-ring (bicyclic) bond motifs is 1. The highest BCUT2D eigenvalue weighted by Crippen LogP contribution is 2.42. The lowest BCUT2D eigenvalue weighted by Gasteiger charge is -2.48. The van der Waals surface area contributed by atoms with E-state index >= 15 is 0 Å². The minimum absolute atomic E-state index is 0.0879. The highest BCUT2D eigenvalue weighted by Gasteiger charge is 2.54. The van der Waals surface area contributed by atoms with E-state index in [0.717, 1.165) is 11.1 Å². The molecule has 1 N–H and O–H groups in total. The summed E-state index contributed by atoms with van der Waals surface area (Å²) in [6, 6.07) is 18.4. The Morgan fingerprint density at radius 2 is 1.67 bits per heavy atom. The molecule has 2 aromatic rings. The molecule has 4 rings (SSSR count). The number of nitrogens with zero attached hydrogens (tertiary/aromatic N) is 1. The molecule has 33 heavy (non-hydrogen) atoms. The Bertz CT molecular complexity index is 1100. The van der Waals surface area contributed by atoms with Crippen LogP contribution in [0.5, 0.6) is 0 Å². The second-order valence-electron chi connectivity index (χ2n) is 7.49. The number of hydrogen-bond donors (Lipinski definition) is 1. The molecule has 1 amide bonds. The van der Waals surface area contributed by atoms with Crippen molar-refractivity contribution in [2.24, 2.45) is 0 Å². The maximum Gasteiger partial charge on any atom is 0.356 e. The molecule has 3 atom stereocenters. The molecule has 8 heteroatoms. The van der Waals surface area contributed by atoms with Crippen molar-refractivity contribution in [2.75, 3.05) is 5.75 Å². The molecule has 0 radical (unpaired) electrons. The molecule has 0 aromatic heterocycles. The number of esters is 2. The van der Waals surface area contributed by atoms with Crippen LogP contribution in [0, 0.1) is 12.3 Å². The molecule has 7 nitrogen and oxygen atoms in total. The van der Waals surface area contributed by atoms with Gasteiger partial charge in [0.2, 0.25) is 0 Å². The molecule has 2 heterocycles. The van der Waals surface area contributed by atoms with E-state index in [9.17, 15) is 19.5 Å². The van der Waals surface area contributed by atoms with Gasteiger partial charge < -0.3 is 14.6 Å². The van der Waals surface area contributed by atoms with E-state index in [1.165, 1.54) is 23.6 Å². The highest BCUT2D eigenvalue weighted by atomic mass is 32.2. The van der Waals surface area contributed by atoms with E-state index in [4.69, 9.17) is 15.9 Å². The first-order chi connectivity index (χ1) is 15.9. The zero-order valence-electron chi connectivity index (χ0n) is 17.7. The number of carbonyl (C=O) groups is 3. The van der Waals surface area contributed by atoms with Crippen molar-refractivity contribution in [3.8, 4) is 12.3 Å². The number of terminal acetylenes is 1. The molecule has 2 aromatic carbocycles. The van der Waals surface area contributed by atoms with Gasteiger partial charge in [0.05, 0.1) is 0 Å². The molecular weight excluding hydrogens is 442 g/mol. The van der Waals surface area contributed by atoms with Crippen LogP contribution < -0.4 is 0 Å². The van der Waals surface area contributed by atoms with Crippen molar-refractivity contribution < 1.29 is 29.0 Å². The molecule has 2 aliphatic heterocycles. The third-order valence-electron chi connectivity index (χ3n) is 5.34. The number of rotatable bonds is 6. The lowest BCUT2D eigenvalue weighted by Crippen LogP contribution is -2.65. The monoisotopic (exact) mass is 463 g/mol. The number of ether oxygens (including phenoxy) is 2. The van der Waals surface area contributed by atoms with Crippen LogP contribution in [-0.2, 0) is 23.9 Å². The van der Waals surface area contributed by atoms with Crippen LogP contribution in [0.2, 0.25) is 0 Å². The molecule has 168 valence electrons. The first-order valence-corrected chi connectivity index (χ1v) is 11.3. The fraction of sp³-hybridized carbons (Fsp3) is 0.240. The van der Waals surface area contributed by atoms with Crippen LogP contribution in [0.4, 0.5) is 0 Å². The van der Waals surface area contributed by atoms with Crippen molar-refractivity contribution in [3.63, 3.8) is 0 Å². The van der Waals surface area contributed by atoms with Crippen molar-refractivity contribution in [1.29, 1.82) is 0 Å². The average molecular weight is 464 g/mol. The second-order valence-corrected chi connectivity index (χ2v) is 8.60. The molecule has 1 saturated heterocycles. The third-order valence-corrected chi connectivity index (χ3v) is 6.63. The van der Waals surface area contributed by atoms with Gasteiger partial charge in [-0.05, 0) is 11.1 Å². The predicted octanol–water partition coefficient (Wildman–Crippen LogP) is 2.41. The van der Waals surface area contributed by atoms with E-state index in [2.05, 4.69) is 5.92 Å². The van der Waals surface area contributed by atoms with Gasteiger partial charge in [0.1, 0.15) is 11.1 Å². The zero-order chi connectivity index (χ0) is 23.5. The van der Waals surface area contributed by atoms with Crippen LogP contribution in [-0.4, -0.2) is 51.2 Å². The Morgan fingerprint density at radius 1 is 1.09 bits per heavy atom. The summed E-state index contributed by atoms with van der Waals surface area (Å²) in [5.74, 6) is 0.519. The SMILES string of the molecule is C#CC(OC(C)=O)C1=C(C(=O)OC(c2ccccc2)c2ccccc2)N2C(=O)[C@H](O)[C@H]2SC1. The molecule has 0 bridgehead atoms. The summed E-state index contributed by atoms with van der Waals surface area (Å²) >= 11 is 1.24. The summed E-state index contributed by atoms with van der Waals surface area (Å²) in [6.45, 7) is 1.21. The number of hydrogen-bond acceptors (Lipinski definition) is 7. The lowest BCUT2D eigenvalue weighted by molar-refractivity contribution is -0.162. The first kappa shape index (κ1) is 22.6. The van der Waals surface area contributed by atoms with Gasteiger partial charge in [-0.3, -0.25) is 14.5 Å². The Morgan fingerprint density at radius 3 is 2.18 bits per heavy atom. The summed E-state index contributed by atoms with van der Waals surface area (Å²) in [5, 5.41) is 9.43. The maximum atomic E-state index is 13.5. The minimum Gasteiger partial charge on any atom is -0.448 e. The fourth-order valence-corrected chi connectivity index (χ4v) is 5.09. The van der Waals surface area contributed by atoms with Gasteiger partial charge in [-0.25, -0.2) is 4.79 Å². The molecule has 2 aliphatic rings. The molecule has 1 unspecified atom stereocenters. The Labute approximate surface area is 195 Å².